The summed E-state index contributed by atoms with van der Waals surface area (Å²) >= 11 is 3.96. The lowest BCUT2D eigenvalue weighted by molar-refractivity contribution is -0.140. The Morgan fingerprint density at radius 3 is 2.64 bits per heavy atom. The van der Waals surface area contributed by atoms with Gasteiger partial charge in [-0.3, -0.25) is 4.79 Å². The summed E-state index contributed by atoms with van der Waals surface area (Å²) in [4.78, 5) is 12.9. The van der Waals surface area contributed by atoms with E-state index in [1.54, 1.807) is 0 Å². The average Bonchev–Trinajstić information content (AvgIpc) is 2.77. The van der Waals surface area contributed by atoms with Crippen LogP contribution in [-0.2, 0) is 4.79 Å². The molecular formula is C19H29BrO2. The zero-order valence-electron chi connectivity index (χ0n) is 13.9. The molecule has 0 amide bonds. The van der Waals surface area contributed by atoms with Gasteiger partial charge in [0.25, 0.3) is 0 Å². The second-order valence-electron chi connectivity index (χ2n) is 9.03. The van der Waals surface area contributed by atoms with Crippen LogP contribution >= 0.6 is 15.9 Å². The van der Waals surface area contributed by atoms with Gasteiger partial charge in [-0.25, -0.2) is 0 Å². The zero-order valence-corrected chi connectivity index (χ0v) is 15.4. The number of aliphatic hydroxyl groups excluding tert-OH is 1. The quantitative estimate of drug-likeness (QED) is 0.646. The van der Waals surface area contributed by atoms with Gasteiger partial charge in [0.15, 0.2) is 0 Å². The molecule has 1 N–H and O–H groups in total. The Balaban J connectivity index is 1.67. The molecule has 4 rings (SSSR count). The van der Waals surface area contributed by atoms with Gasteiger partial charge in [0.2, 0.25) is 0 Å². The highest BCUT2D eigenvalue weighted by molar-refractivity contribution is 9.09. The monoisotopic (exact) mass is 368 g/mol. The maximum atomic E-state index is 12.4. The SMILES string of the molecule is C[C@]12C(Br)C[C@H](O)CC1CC[C@@H]1[C@@H]2CC[C@]2(C)C(=O)CC[C@@H]12. The van der Waals surface area contributed by atoms with E-state index in [1.165, 1.54) is 19.3 Å². The molecule has 4 aliphatic carbocycles. The van der Waals surface area contributed by atoms with Gasteiger partial charge in [-0.15, -0.1) is 0 Å². The van der Waals surface area contributed by atoms with E-state index >= 15 is 0 Å². The minimum atomic E-state index is -0.124. The average molecular weight is 369 g/mol. The minimum Gasteiger partial charge on any atom is -0.393 e. The van der Waals surface area contributed by atoms with Gasteiger partial charge in [0.1, 0.15) is 5.78 Å². The highest BCUT2D eigenvalue weighted by atomic mass is 79.9. The number of hydrogen-bond acceptors (Lipinski definition) is 2. The van der Waals surface area contributed by atoms with Crippen LogP contribution in [-0.4, -0.2) is 21.8 Å². The molecular weight excluding hydrogens is 340 g/mol. The largest absolute Gasteiger partial charge is 0.393 e. The first-order valence-electron chi connectivity index (χ1n) is 9.23. The van der Waals surface area contributed by atoms with Crippen LogP contribution in [0, 0.1) is 34.5 Å². The Morgan fingerprint density at radius 2 is 1.86 bits per heavy atom. The summed E-state index contributed by atoms with van der Waals surface area (Å²) in [5.41, 5.74) is 0.301. The molecule has 0 aromatic carbocycles. The van der Waals surface area contributed by atoms with Crippen LogP contribution in [0.1, 0.15) is 65.2 Å². The summed E-state index contributed by atoms with van der Waals surface area (Å²) in [7, 11) is 0. The Bertz CT molecular complexity index is 492. The Hall–Kier alpha value is 0.110. The molecule has 0 spiro atoms. The van der Waals surface area contributed by atoms with Gasteiger partial charge in [-0.2, -0.15) is 0 Å². The molecule has 8 atom stereocenters. The van der Waals surface area contributed by atoms with E-state index in [0.717, 1.165) is 43.9 Å². The second-order valence-corrected chi connectivity index (χ2v) is 10.1. The van der Waals surface area contributed by atoms with E-state index in [4.69, 9.17) is 0 Å². The molecule has 124 valence electrons. The molecule has 3 heteroatoms. The fourth-order valence-corrected chi connectivity index (χ4v) is 8.16. The summed E-state index contributed by atoms with van der Waals surface area (Å²) in [6.45, 7) is 4.74. The molecule has 0 aromatic heterocycles. The van der Waals surface area contributed by atoms with Crippen LogP contribution in [0.3, 0.4) is 0 Å². The van der Waals surface area contributed by atoms with E-state index < -0.39 is 0 Å². The van der Waals surface area contributed by atoms with E-state index in [1.807, 2.05) is 0 Å². The number of carbonyl (C=O) groups is 1. The summed E-state index contributed by atoms with van der Waals surface area (Å²) in [5, 5.41) is 10.2. The van der Waals surface area contributed by atoms with Crippen LogP contribution in [0.4, 0.5) is 0 Å². The van der Waals surface area contributed by atoms with Crippen molar-refractivity contribution in [3.05, 3.63) is 0 Å². The van der Waals surface area contributed by atoms with E-state index in [2.05, 4.69) is 29.8 Å². The topological polar surface area (TPSA) is 37.3 Å². The van der Waals surface area contributed by atoms with Crippen molar-refractivity contribution in [1.82, 2.24) is 0 Å². The molecule has 4 saturated carbocycles. The first-order valence-corrected chi connectivity index (χ1v) is 10.1. The normalized spacial score (nSPS) is 57.9. The van der Waals surface area contributed by atoms with Crippen molar-refractivity contribution in [2.75, 3.05) is 0 Å². The third kappa shape index (κ3) is 1.90. The molecule has 0 aliphatic heterocycles. The fraction of sp³-hybridized carbons (Fsp3) is 0.947. The van der Waals surface area contributed by atoms with Gasteiger partial charge in [0.05, 0.1) is 6.10 Å². The van der Waals surface area contributed by atoms with Gasteiger partial charge in [-0.1, -0.05) is 29.8 Å². The van der Waals surface area contributed by atoms with Crippen LogP contribution in [0.15, 0.2) is 0 Å². The third-order valence-electron chi connectivity index (χ3n) is 8.38. The van der Waals surface area contributed by atoms with Crippen LogP contribution < -0.4 is 0 Å². The Kier molecular flexibility index (Phi) is 3.59. The molecule has 0 heterocycles. The van der Waals surface area contributed by atoms with E-state index in [9.17, 15) is 9.90 Å². The number of aliphatic hydroxyl groups is 1. The lowest BCUT2D eigenvalue weighted by Gasteiger charge is -2.61. The molecule has 2 unspecified atom stereocenters. The van der Waals surface area contributed by atoms with Crippen molar-refractivity contribution in [1.29, 1.82) is 0 Å². The minimum absolute atomic E-state index is 0.0135. The number of ketones is 1. The number of halogens is 1. The lowest BCUT2D eigenvalue weighted by atomic mass is 9.45. The number of Topliss-reactive ketones (excluding diaryl/α,β-unsaturated/α-hetero) is 1. The van der Waals surface area contributed by atoms with Crippen molar-refractivity contribution in [3.63, 3.8) is 0 Å². The van der Waals surface area contributed by atoms with E-state index in [0.29, 0.717) is 27.9 Å². The predicted molar refractivity (Wildman–Crippen MR) is 90.8 cm³/mol. The molecule has 4 aliphatic rings. The smallest absolute Gasteiger partial charge is 0.139 e. The van der Waals surface area contributed by atoms with Crippen molar-refractivity contribution in [2.24, 2.45) is 34.5 Å². The molecule has 4 fully saturated rings. The maximum Gasteiger partial charge on any atom is 0.139 e. The lowest BCUT2D eigenvalue weighted by Crippen LogP contribution is -2.57. The van der Waals surface area contributed by atoms with Gasteiger partial charge < -0.3 is 5.11 Å². The Labute approximate surface area is 142 Å². The predicted octanol–water partition coefficient (Wildman–Crippen LogP) is 4.33. The van der Waals surface area contributed by atoms with Gasteiger partial charge in [0, 0.05) is 16.7 Å². The first kappa shape index (κ1) is 15.6. The molecule has 2 nitrogen and oxygen atoms in total. The summed E-state index contributed by atoms with van der Waals surface area (Å²) in [6.07, 6.45) is 8.56. The molecule has 0 saturated heterocycles. The molecule has 0 radical (unpaired) electrons. The zero-order chi connectivity index (χ0) is 15.7. The van der Waals surface area contributed by atoms with Gasteiger partial charge >= 0.3 is 0 Å². The van der Waals surface area contributed by atoms with Crippen molar-refractivity contribution in [3.8, 4) is 0 Å². The van der Waals surface area contributed by atoms with Crippen LogP contribution in [0.25, 0.3) is 0 Å². The van der Waals surface area contributed by atoms with Crippen LogP contribution in [0.2, 0.25) is 0 Å². The molecule has 0 aromatic rings. The summed E-state index contributed by atoms with van der Waals surface area (Å²) in [6, 6.07) is 0. The third-order valence-corrected chi connectivity index (χ3v) is 9.74. The van der Waals surface area contributed by atoms with Crippen molar-refractivity contribution < 1.29 is 9.90 Å². The van der Waals surface area contributed by atoms with Gasteiger partial charge in [-0.05, 0) is 74.0 Å². The maximum absolute atomic E-state index is 12.4. The van der Waals surface area contributed by atoms with Crippen molar-refractivity contribution in [2.45, 2.75) is 76.1 Å². The standard InChI is InChI=1S/C19H29BrO2/c1-18-8-7-15-13(14(18)5-6-17(18)22)4-3-11-9-12(21)10-16(20)19(11,15)2/h11-16,21H,3-10H2,1-2H3/t11?,12-,13+,14+,15+,16?,18+,19+/m1/s1. The fourth-order valence-electron chi connectivity index (χ4n) is 7.02. The van der Waals surface area contributed by atoms with Crippen molar-refractivity contribution >= 4 is 21.7 Å². The highest BCUT2D eigenvalue weighted by Crippen LogP contribution is 2.66. The number of fused-ring (bicyclic) bond motifs is 5. The molecule has 0 bridgehead atoms. The highest BCUT2D eigenvalue weighted by Gasteiger charge is 2.61. The number of carbonyl (C=O) groups excluding carboxylic acids is 1. The van der Waals surface area contributed by atoms with E-state index in [-0.39, 0.29) is 11.5 Å². The number of hydrogen-bond donors (Lipinski definition) is 1. The number of rotatable bonds is 0. The summed E-state index contributed by atoms with van der Waals surface area (Å²) in [5.74, 6) is 3.30. The number of alkyl halides is 1. The summed E-state index contributed by atoms with van der Waals surface area (Å²) < 4.78 is 0. The Morgan fingerprint density at radius 1 is 1.09 bits per heavy atom. The second kappa shape index (κ2) is 5.05. The first-order chi connectivity index (χ1) is 10.4. The molecule has 22 heavy (non-hydrogen) atoms. The van der Waals surface area contributed by atoms with Crippen LogP contribution in [0.5, 0.6) is 0 Å².